The molecule has 0 spiro atoms. The lowest BCUT2D eigenvalue weighted by Crippen LogP contribution is -2.43. The van der Waals surface area contributed by atoms with Crippen molar-refractivity contribution in [3.05, 3.63) is 27.1 Å². The fourth-order valence-corrected chi connectivity index (χ4v) is 3.33. The summed E-state index contributed by atoms with van der Waals surface area (Å²) >= 11 is 1.29. The predicted octanol–water partition coefficient (Wildman–Crippen LogP) is 2.62. The molecule has 1 saturated heterocycles. The normalized spacial score (nSPS) is 19.8. The molecular weight excluding hydrogens is 262 g/mol. The SMILES string of the molecule is CCN(Cc1ccc([N+](=O)[O-])s1)CC1CCCCN1. The summed E-state index contributed by atoms with van der Waals surface area (Å²) in [4.78, 5) is 13.8. The highest BCUT2D eigenvalue weighted by atomic mass is 32.1. The third kappa shape index (κ3) is 4.26. The number of nitro groups is 1. The summed E-state index contributed by atoms with van der Waals surface area (Å²) in [5.41, 5.74) is 0. The van der Waals surface area contributed by atoms with Crippen LogP contribution in [0.2, 0.25) is 0 Å². The molecule has 1 aliphatic heterocycles. The van der Waals surface area contributed by atoms with E-state index >= 15 is 0 Å². The molecule has 2 heterocycles. The lowest BCUT2D eigenvalue weighted by atomic mass is 10.0. The smallest absolute Gasteiger partial charge is 0.313 e. The van der Waals surface area contributed by atoms with E-state index in [1.54, 1.807) is 6.07 Å². The summed E-state index contributed by atoms with van der Waals surface area (Å²) in [6.07, 6.45) is 3.82. The average molecular weight is 283 g/mol. The number of rotatable bonds is 6. The van der Waals surface area contributed by atoms with Crippen LogP contribution in [0.4, 0.5) is 5.00 Å². The van der Waals surface area contributed by atoms with Crippen LogP contribution >= 0.6 is 11.3 Å². The fraction of sp³-hybridized carbons (Fsp3) is 0.692. The van der Waals surface area contributed by atoms with Gasteiger partial charge >= 0.3 is 5.00 Å². The van der Waals surface area contributed by atoms with Crippen molar-refractivity contribution >= 4 is 16.3 Å². The quantitative estimate of drug-likeness (QED) is 0.644. The van der Waals surface area contributed by atoms with Gasteiger partial charge in [-0.1, -0.05) is 24.7 Å². The van der Waals surface area contributed by atoms with E-state index in [1.807, 2.05) is 6.07 Å². The summed E-state index contributed by atoms with van der Waals surface area (Å²) in [7, 11) is 0. The lowest BCUT2D eigenvalue weighted by Gasteiger charge is -2.29. The molecule has 5 nitrogen and oxygen atoms in total. The topological polar surface area (TPSA) is 58.4 Å². The van der Waals surface area contributed by atoms with Gasteiger partial charge < -0.3 is 5.32 Å². The first-order chi connectivity index (χ1) is 9.19. The minimum absolute atomic E-state index is 0.238. The van der Waals surface area contributed by atoms with Crippen molar-refractivity contribution in [1.82, 2.24) is 10.2 Å². The summed E-state index contributed by atoms with van der Waals surface area (Å²) in [6, 6.07) is 4.05. The minimum Gasteiger partial charge on any atom is -0.313 e. The van der Waals surface area contributed by atoms with Crippen LogP contribution < -0.4 is 5.32 Å². The Bertz CT molecular complexity index is 416. The number of likely N-dealkylation sites (N-methyl/N-ethyl adjacent to an activating group) is 1. The van der Waals surface area contributed by atoms with Gasteiger partial charge in [0.1, 0.15) is 0 Å². The van der Waals surface area contributed by atoms with E-state index in [-0.39, 0.29) is 9.92 Å². The number of hydrogen-bond donors (Lipinski definition) is 1. The highest BCUT2D eigenvalue weighted by Gasteiger charge is 2.17. The van der Waals surface area contributed by atoms with Crippen LogP contribution in [-0.4, -0.2) is 35.5 Å². The number of nitrogens with zero attached hydrogens (tertiary/aromatic N) is 2. The summed E-state index contributed by atoms with van der Waals surface area (Å²) in [6.45, 7) is 6.08. The maximum absolute atomic E-state index is 10.7. The maximum atomic E-state index is 10.7. The predicted molar refractivity (Wildman–Crippen MR) is 77.6 cm³/mol. The molecule has 1 aromatic rings. The number of thiophene rings is 1. The van der Waals surface area contributed by atoms with Crippen molar-refractivity contribution in [2.45, 2.75) is 38.8 Å². The average Bonchev–Trinajstić information content (AvgIpc) is 2.88. The highest BCUT2D eigenvalue weighted by Crippen LogP contribution is 2.25. The molecule has 0 amide bonds. The molecule has 1 unspecified atom stereocenters. The van der Waals surface area contributed by atoms with E-state index in [2.05, 4.69) is 17.1 Å². The Morgan fingerprint density at radius 3 is 2.95 bits per heavy atom. The first kappa shape index (κ1) is 14.4. The summed E-state index contributed by atoms with van der Waals surface area (Å²) in [5.74, 6) is 0. The van der Waals surface area contributed by atoms with Crippen LogP contribution in [0.1, 0.15) is 31.1 Å². The van der Waals surface area contributed by atoms with Gasteiger partial charge in [0.25, 0.3) is 0 Å². The van der Waals surface area contributed by atoms with Crippen LogP contribution in [-0.2, 0) is 6.54 Å². The van der Waals surface area contributed by atoms with Crippen LogP contribution in [0.3, 0.4) is 0 Å². The highest BCUT2D eigenvalue weighted by molar-refractivity contribution is 7.15. The Morgan fingerprint density at radius 2 is 2.37 bits per heavy atom. The standard InChI is InChI=1S/C13H21N3O2S/c1-2-15(9-11-5-3-4-8-14-11)10-12-6-7-13(19-12)16(17)18/h6-7,11,14H,2-5,8-10H2,1H3. The zero-order chi connectivity index (χ0) is 13.7. The van der Waals surface area contributed by atoms with Gasteiger partial charge in [-0.05, 0) is 32.0 Å². The zero-order valence-electron chi connectivity index (χ0n) is 11.3. The molecular formula is C13H21N3O2S. The van der Waals surface area contributed by atoms with E-state index in [1.165, 1.54) is 30.6 Å². The van der Waals surface area contributed by atoms with Gasteiger partial charge in [-0.3, -0.25) is 15.0 Å². The molecule has 6 heteroatoms. The first-order valence-corrected chi connectivity index (χ1v) is 7.69. The van der Waals surface area contributed by atoms with Gasteiger partial charge in [-0.15, -0.1) is 0 Å². The van der Waals surface area contributed by atoms with E-state index in [0.717, 1.165) is 31.1 Å². The molecule has 0 saturated carbocycles. The molecule has 1 N–H and O–H groups in total. The second kappa shape index (κ2) is 6.98. The second-order valence-electron chi connectivity index (χ2n) is 4.97. The Morgan fingerprint density at radius 1 is 1.53 bits per heavy atom. The Hall–Kier alpha value is -0.980. The van der Waals surface area contributed by atoms with Gasteiger partial charge in [0.05, 0.1) is 4.92 Å². The van der Waals surface area contributed by atoms with Crippen molar-refractivity contribution in [2.75, 3.05) is 19.6 Å². The van der Waals surface area contributed by atoms with Gasteiger partial charge in [0, 0.05) is 30.1 Å². The largest absolute Gasteiger partial charge is 0.324 e. The molecule has 0 radical (unpaired) electrons. The minimum atomic E-state index is -0.312. The number of nitrogens with one attached hydrogen (secondary N) is 1. The second-order valence-corrected chi connectivity index (χ2v) is 6.12. The molecule has 1 aliphatic rings. The van der Waals surface area contributed by atoms with Crippen LogP contribution in [0.5, 0.6) is 0 Å². The number of hydrogen-bond acceptors (Lipinski definition) is 5. The molecule has 0 bridgehead atoms. The monoisotopic (exact) mass is 283 g/mol. The van der Waals surface area contributed by atoms with E-state index in [0.29, 0.717) is 6.04 Å². The Labute approximate surface area is 117 Å². The molecule has 1 atom stereocenters. The van der Waals surface area contributed by atoms with Gasteiger partial charge in [-0.25, -0.2) is 0 Å². The van der Waals surface area contributed by atoms with Crippen molar-refractivity contribution < 1.29 is 4.92 Å². The molecule has 2 rings (SSSR count). The summed E-state index contributed by atoms with van der Waals surface area (Å²) < 4.78 is 0. The van der Waals surface area contributed by atoms with Gasteiger partial charge in [0.15, 0.2) is 0 Å². The maximum Gasteiger partial charge on any atom is 0.324 e. The van der Waals surface area contributed by atoms with Crippen LogP contribution in [0.15, 0.2) is 12.1 Å². The molecule has 1 aromatic heterocycles. The third-order valence-electron chi connectivity index (χ3n) is 3.55. The number of piperidine rings is 1. The lowest BCUT2D eigenvalue weighted by molar-refractivity contribution is -0.380. The third-order valence-corrected chi connectivity index (χ3v) is 4.57. The fourth-order valence-electron chi connectivity index (χ4n) is 2.47. The van der Waals surface area contributed by atoms with Crippen LogP contribution in [0, 0.1) is 10.1 Å². The van der Waals surface area contributed by atoms with Crippen molar-refractivity contribution in [1.29, 1.82) is 0 Å². The van der Waals surface area contributed by atoms with E-state index in [9.17, 15) is 10.1 Å². The Balaban J connectivity index is 1.88. The first-order valence-electron chi connectivity index (χ1n) is 6.88. The molecule has 1 fully saturated rings. The molecule has 0 aliphatic carbocycles. The molecule has 0 aromatic carbocycles. The zero-order valence-corrected chi connectivity index (χ0v) is 12.1. The molecule has 19 heavy (non-hydrogen) atoms. The van der Waals surface area contributed by atoms with Crippen molar-refractivity contribution in [2.24, 2.45) is 0 Å². The van der Waals surface area contributed by atoms with Gasteiger partial charge in [0.2, 0.25) is 0 Å². The van der Waals surface area contributed by atoms with E-state index in [4.69, 9.17) is 0 Å². The Kier molecular flexibility index (Phi) is 5.30. The summed E-state index contributed by atoms with van der Waals surface area (Å²) in [5, 5.41) is 14.5. The van der Waals surface area contributed by atoms with E-state index < -0.39 is 0 Å². The van der Waals surface area contributed by atoms with Crippen LogP contribution in [0.25, 0.3) is 0 Å². The van der Waals surface area contributed by atoms with Gasteiger partial charge in [-0.2, -0.15) is 0 Å². The molecule has 106 valence electrons. The van der Waals surface area contributed by atoms with Crippen molar-refractivity contribution in [3.63, 3.8) is 0 Å². The van der Waals surface area contributed by atoms with Crippen molar-refractivity contribution in [3.8, 4) is 0 Å².